The molecule has 0 aliphatic carbocycles. The first-order valence-corrected chi connectivity index (χ1v) is 6.55. The summed E-state index contributed by atoms with van der Waals surface area (Å²) in [5.74, 6) is -0.0984. The number of ether oxygens (including phenoxy) is 1. The summed E-state index contributed by atoms with van der Waals surface area (Å²) in [6, 6.07) is 6.36. The summed E-state index contributed by atoms with van der Waals surface area (Å²) >= 11 is 1.57. The lowest BCUT2D eigenvalue weighted by molar-refractivity contribution is 0.289. The van der Waals surface area contributed by atoms with Gasteiger partial charge >= 0.3 is 0 Å². The van der Waals surface area contributed by atoms with Crippen LogP contribution in [0.1, 0.15) is 15.6 Å². The van der Waals surface area contributed by atoms with Crippen LogP contribution in [0.25, 0.3) is 0 Å². The van der Waals surface area contributed by atoms with Gasteiger partial charge in [0.2, 0.25) is 0 Å². The van der Waals surface area contributed by atoms with E-state index in [1.165, 1.54) is 10.9 Å². The number of hydrogen-bond donors (Lipinski definition) is 1. The maximum atomic E-state index is 13.3. The van der Waals surface area contributed by atoms with Gasteiger partial charge < -0.3 is 10.5 Å². The van der Waals surface area contributed by atoms with Crippen LogP contribution in [-0.2, 0) is 13.0 Å². The molecule has 0 atom stereocenters. The lowest BCUT2D eigenvalue weighted by Crippen LogP contribution is -2.01. The van der Waals surface area contributed by atoms with Gasteiger partial charge in [0.15, 0.2) is 11.6 Å². The molecule has 0 amide bonds. The largest absolute Gasteiger partial charge is 0.483 e. The van der Waals surface area contributed by atoms with E-state index in [2.05, 4.69) is 4.98 Å². The number of nitrogens with two attached hydrogens (primary N) is 1. The zero-order valence-corrected chi connectivity index (χ0v) is 11.0. The van der Waals surface area contributed by atoms with Crippen molar-refractivity contribution in [3.63, 3.8) is 0 Å². The smallest absolute Gasteiger partial charge is 0.165 e. The highest BCUT2D eigenvalue weighted by Gasteiger charge is 2.08. The van der Waals surface area contributed by atoms with Gasteiger partial charge in [-0.25, -0.2) is 9.37 Å². The molecule has 2 aromatic rings. The first-order valence-electron chi connectivity index (χ1n) is 5.73. The van der Waals surface area contributed by atoms with E-state index in [0.29, 0.717) is 6.54 Å². The Labute approximate surface area is 109 Å². The summed E-state index contributed by atoms with van der Waals surface area (Å²) in [6.07, 6.45) is 0.823. The molecule has 0 spiro atoms. The van der Waals surface area contributed by atoms with Crippen molar-refractivity contribution in [1.29, 1.82) is 0 Å². The number of thiazole rings is 1. The van der Waals surface area contributed by atoms with Crippen LogP contribution < -0.4 is 10.5 Å². The third kappa shape index (κ3) is 3.05. The fourth-order valence-corrected chi connectivity index (χ4v) is 2.61. The van der Waals surface area contributed by atoms with Crippen LogP contribution >= 0.6 is 11.3 Å². The number of hydrogen-bond acceptors (Lipinski definition) is 4. The van der Waals surface area contributed by atoms with E-state index < -0.39 is 0 Å². The zero-order valence-electron chi connectivity index (χ0n) is 10.1. The molecule has 3 nitrogen and oxygen atoms in total. The third-order valence-electron chi connectivity index (χ3n) is 2.50. The fraction of sp³-hybridized carbons (Fsp3) is 0.308. The Kier molecular flexibility index (Phi) is 4.28. The van der Waals surface area contributed by atoms with E-state index in [9.17, 15) is 4.39 Å². The van der Waals surface area contributed by atoms with Crippen LogP contribution in [0.15, 0.2) is 24.3 Å². The first-order chi connectivity index (χ1) is 8.70. The molecule has 0 aliphatic heterocycles. The molecule has 18 heavy (non-hydrogen) atoms. The van der Waals surface area contributed by atoms with Crippen molar-refractivity contribution >= 4 is 11.3 Å². The molecule has 1 aromatic carbocycles. The van der Waals surface area contributed by atoms with Crippen molar-refractivity contribution in [2.24, 2.45) is 5.73 Å². The second-order valence-electron chi connectivity index (χ2n) is 3.87. The highest BCUT2D eigenvalue weighted by Crippen LogP contribution is 2.21. The Hall–Kier alpha value is -1.46. The number of nitrogens with zero attached hydrogens (tertiary/aromatic N) is 1. The minimum absolute atomic E-state index is 0.255. The van der Waals surface area contributed by atoms with Gasteiger partial charge in [0.25, 0.3) is 0 Å². The molecule has 0 bridgehead atoms. The van der Waals surface area contributed by atoms with Gasteiger partial charge in [-0.15, -0.1) is 11.3 Å². The summed E-state index contributed by atoms with van der Waals surface area (Å²) in [4.78, 5) is 5.56. The summed E-state index contributed by atoms with van der Waals surface area (Å²) in [6.45, 7) is 2.85. The van der Waals surface area contributed by atoms with Gasteiger partial charge in [0, 0.05) is 4.88 Å². The summed E-state index contributed by atoms with van der Waals surface area (Å²) in [5, 5.41) is 0.846. The highest BCUT2D eigenvalue weighted by molar-refractivity contribution is 7.11. The standard InChI is InChI=1S/C13H15FN2OS/c1-9-12(6-7-15)18-13(16-9)8-17-11-5-3-2-4-10(11)14/h2-5H,6-8,15H2,1H3. The second-order valence-corrected chi connectivity index (χ2v) is 5.04. The van der Waals surface area contributed by atoms with E-state index in [-0.39, 0.29) is 18.2 Å². The predicted molar refractivity (Wildman–Crippen MR) is 70.3 cm³/mol. The van der Waals surface area contributed by atoms with E-state index in [0.717, 1.165) is 17.1 Å². The lowest BCUT2D eigenvalue weighted by atomic mass is 10.3. The molecule has 96 valence electrons. The Morgan fingerprint density at radius 3 is 2.89 bits per heavy atom. The van der Waals surface area contributed by atoms with E-state index in [1.807, 2.05) is 6.92 Å². The number of aryl methyl sites for hydroxylation is 1. The lowest BCUT2D eigenvalue weighted by Gasteiger charge is -2.04. The van der Waals surface area contributed by atoms with Crippen molar-refractivity contribution in [3.8, 4) is 5.75 Å². The molecule has 1 aromatic heterocycles. The summed E-state index contributed by atoms with van der Waals surface area (Å²) in [5.41, 5.74) is 6.51. The van der Waals surface area contributed by atoms with Crippen LogP contribution in [0.2, 0.25) is 0 Å². The Bertz CT molecular complexity index is 527. The fourth-order valence-electron chi connectivity index (χ4n) is 1.61. The van der Waals surface area contributed by atoms with Gasteiger partial charge in [0.05, 0.1) is 5.69 Å². The number of aromatic nitrogens is 1. The van der Waals surface area contributed by atoms with Crippen molar-refractivity contribution in [2.45, 2.75) is 20.0 Å². The molecule has 0 aliphatic rings. The summed E-state index contributed by atoms with van der Waals surface area (Å²) < 4.78 is 18.8. The third-order valence-corrected chi connectivity index (χ3v) is 3.69. The Morgan fingerprint density at radius 1 is 1.39 bits per heavy atom. The molecule has 0 saturated heterocycles. The molecule has 0 unspecified atom stereocenters. The van der Waals surface area contributed by atoms with E-state index >= 15 is 0 Å². The van der Waals surface area contributed by atoms with E-state index in [1.54, 1.807) is 29.5 Å². The molecular formula is C13H15FN2OS. The Balaban J connectivity index is 2.02. The molecular weight excluding hydrogens is 251 g/mol. The topological polar surface area (TPSA) is 48.1 Å². The number of para-hydroxylation sites is 1. The maximum absolute atomic E-state index is 13.3. The van der Waals surface area contributed by atoms with Crippen molar-refractivity contribution in [2.75, 3.05) is 6.54 Å². The first kappa shape index (κ1) is 13.0. The summed E-state index contributed by atoms with van der Waals surface area (Å²) in [7, 11) is 0. The van der Waals surface area contributed by atoms with Crippen LogP contribution in [0.5, 0.6) is 5.75 Å². The van der Waals surface area contributed by atoms with Gasteiger partial charge in [0.1, 0.15) is 11.6 Å². The van der Waals surface area contributed by atoms with Crippen LogP contribution in [-0.4, -0.2) is 11.5 Å². The van der Waals surface area contributed by atoms with Crippen LogP contribution in [0, 0.1) is 12.7 Å². The molecule has 1 heterocycles. The average Bonchev–Trinajstić information content (AvgIpc) is 2.70. The van der Waals surface area contributed by atoms with Crippen molar-refractivity contribution in [3.05, 3.63) is 45.7 Å². The monoisotopic (exact) mass is 266 g/mol. The van der Waals surface area contributed by atoms with E-state index in [4.69, 9.17) is 10.5 Å². The zero-order chi connectivity index (χ0) is 13.0. The highest BCUT2D eigenvalue weighted by atomic mass is 32.1. The molecule has 0 radical (unpaired) electrons. The van der Waals surface area contributed by atoms with Gasteiger partial charge in [-0.1, -0.05) is 12.1 Å². The molecule has 5 heteroatoms. The van der Waals surface area contributed by atoms with Crippen LogP contribution in [0.3, 0.4) is 0 Å². The van der Waals surface area contributed by atoms with Gasteiger partial charge in [-0.3, -0.25) is 0 Å². The second kappa shape index (κ2) is 5.93. The average molecular weight is 266 g/mol. The predicted octanol–water partition coefficient (Wildman–Crippen LogP) is 2.67. The molecule has 2 N–H and O–H groups in total. The normalized spacial score (nSPS) is 10.6. The molecule has 2 rings (SSSR count). The minimum Gasteiger partial charge on any atom is -0.483 e. The van der Waals surface area contributed by atoms with Crippen molar-refractivity contribution in [1.82, 2.24) is 4.98 Å². The van der Waals surface area contributed by atoms with Crippen LogP contribution in [0.4, 0.5) is 4.39 Å². The SMILES string of the molecule is Cc1nc(COc2ccccc2F)sc1CCN. The number of rotatable bonds is 5. The number of halogens is 1. The minimum atomic E-state index is -0.354. The molecule has 0 fully saturated rings. The quantitative estimate of drug-likeness (QED) is 0.905. The van der Waals surface area contributed by atoms with Gasteiger partial charge in [-0.05, 0) is 32.0 Å². The number of benzene rings is 1. The van der Waals surface area contributed by atoms with Gasteiger partial charge in [-0.2, -0.15) is 0 Å². The van der Waals surface area contributed by atoms with Crippen molar-refractivity contribution < 1.29 is 9.13 Å². The molecule has 0 saturated carbocycles. The maximum Gasteiger partial charge on any atom is 0.165 e. The Morgan fingerprint density at radius 2 is 2.17 bits per heavy atom.